The Hall–Kier alpha value is -3.48. The number of nitrogens with one attached hydrogen (secondary N) is 1. The third-order valence-electron chi connectivity index (χ3n) is 5.57. The van der Waals surface area contributed by atoms with Crippen molar-refractivity contribution in [3.8, 4) is 11.3 Å². The first-order valence-corrected chi connectivity index (χ1v) is 10.1. The molecule has 4 rings (SSSR count). The number of aryl methyl sites for hydroxylation is 3. The van der Waals surface area contributed by atoms with E-state index in [4.69, 9.17) is 4.98 Å². The van der Waals surface area contributed by atoms with Gasteiger partial charge in [-0.1, -0.05) is 18.2 Å². The van der Waals surface area contributed by atoms with Crippen LogP contribution in [-0.2, 0) is 13.6 Å². The summed E-state index contributed by atoms with van der Waals surface area (Å²) in [7, 11) is 1.92. The largest absolute Gasteiger partial charge is 0.344 e. The number of hydrogen-bond donors (Lipinski definition) is 1. The second kappa shape index (κ2) is 7.74. The molecular formula is C23H26N6O. The van der Waals surface area contributed by atoms with E-state index in [0.29, 0.717) is 5.56 Å². The fraction of sp³-hybridized carbons (Fsp3) is 0.304. The highest BCUT2D eigenvalue weighted by Gasteiger charge is 2.20. The Morgan fingerprint density at radius 3 is 2.67 bits per heavy atom. The average Bonchev–Trinajstić information content (AvgIpc) is 3.31. The monoisotopic (exact) mass is 402 g/mol. The lowest BCUT2D eigenvalue weighted by atomic mass is 10.0. The van der Waals surface area contributed by atoms with Gasteiger partial charge in [0.15, 0.2) is 0 Å². The number of nitrogens with zero attached hydrogens (tertiary/aromatic N) is 5. The van der Waals surface area contributed by atoms with E-state index in [1.54, 1.807) is 6.20 Å². The number of fused-ring (bicyclic) bond motifs is 1. The van der Waals surface area contributed by atoms with Crippen LogP contribution < -0.4 is 5.32 Å². The third-order valence-corrected chi connectivity index (χ3v) is 5.57. The van der Waals surface area contributed by atoms with Crippen molar-refractivity contribution in [2.75, 3.05) is 0 Å². The molecule has 1 aromatic carbocycles. The molecule has 0 aliphatic rings. The average molecular weight is 403 g/mol. The topological polar surface area (TPSA) is 77.6 Å². The van der Waals surface area contributed by atoms with Crippen LogP contribution in [0, 0.1) is 13.8 Å². The molecule has 154 valence electrons. The van der Waals surface area contributed by atoms with Crippen molar-refractivity contribution in [2.24, 2.45) is 7.05 Å². The van der Waals surface area contributed by atoms with Gasteiger partial charge in [0.25, 0.3) is 5.91 Å². The first kappa shape index (κ1) is 19.8. The van der Waals surface area contributed by atoms with E-state index in [1.165, 1.54) is 0 Å². The van der Waals surface area contributed by atoms with Crippen molar-refractivity contribution >= 4 is 16.8 Å². The van der Waals surface area contributed by atoms with Gasteiger partial charge in [-0.05, 0) is 45.9 Å². The molecule has 3 aromatic heterocycles. The minimum Gasteiger partial charge on any atom is -0.344 e. The highest BCUT2D eigenvalue weighted by Crippen LogP contribution is 2.29. The Kier molecular flexibility index (Phi) is 5.11. The fourth-order valence-corrected chi connectivity index (χ4v) is 3.96. The molecule has 3 heterocycles. The normalized spacial score (nSPS) is 12.3. The Morgan fingerprint density at radius 1 is 1.20 bits per heavy atom. The van der Waals surface area contributed by atoms with Crippen molar-refractivity contribution in [3.63, 3.8) is 0 Å². The molecule has 0 spiro atoms. The van der Waals surface area contributed by atoms with Crippen LogP contribution in [0.2, 0.25) is 0 Å². The number of hydrogen-bond acceptors (Lipinski definition) is 4. The Labute approximate surface area is 175 Å². The first-order valence-electron chi connectivity index (χ1n) is 10.1. The van der Waals surface area contributed by atoms with E-state index in [-0.39, 0.29) is 11.9 Å². The smallest absolute Gasteiger partial charge is 0.252 e. The second-order valence-corrected chi connectivity index (χ2v) is 7.51. The Balaban J connectivity index is 1.78. The van der Waals surface area contributed by atoms with E-state index in [2.05, 4.69) is 15.5 Å². The summed E-state index contributed by atoms with van der Waals surface area (Å²) in [5.74, 6) is -0.134. The molecule has 0 saturated heterocycles. The molecule has 0 aliphatic carbocycles. The molecule has 0 bridgehead atoms. The summed E-state index contributed by atoms with van der Waals surface area (Å²) < 4.78 is 3.73. The minimum atomic E-state index is -0.169. The molecule has 4 aromatic rings. The first-order chi connectivity index (χ1) is 14.4. The highest BCUT2D eigenvalue weighted by atomic mass is 16.1. The molecule has 1 N–H and O–H groups in total. The zero-order valence-electron chi connectivity index (χ0n) is 18.0. The predicted octanol–water partition coefficient (Wildman–Crippen LogP) is 3.96. The molecule has 30 heavy (non-hydrogen) atoms. The van der Waals surface area contributed by atoms with Crippen LogP contribution >= 0.6 is 0 Å². The zero-order chi connectivity index (χ0) is 21.4. The van der Waals surface area contributed by atoms with Gasteiger partial charge in [-0.15, -0.1) is 0 Å². The molecule has 1 amide bonds. The summed E-state index contributed by atoms with van der Waals surface area (Å²) in [6.07, 6.45) is 1.76. The number of carbonyl (C=O) groups is 1. The van der Waals surface area contributed by atoms with Gasteiger partial charge in [-0.2, -0.15) is 10.2 Å². The van der Waals surface area contributed by atoms with Crippen LogP contribution in [0.3, 0.4) is 0 Å². The Bertz CT molecular complexity index is 1240. The maximum atomic E-state index is 13.3. The molecule has 0 aliphatic heterocycles. The van der Waals surface area contributed by atoms with Gasteiger partial charge in [0.2, 0.25) is 0 Å². The highest BCUT2D eigenvalue weighted by molar-refractivity contribution is 6.07. The molecule has 1 atom stereocenters. The lowest BCUT2D eigenvalue weighted by molar-refractivity contribution is 0.0940. The van der Waals surface area contributed by atoms with Crippen molar-refractivity contribution in [1.29, 1.82) is 0 Å². The van der Waals surface area contributed by atoms with Gasteiger partial charge in [0.1, 0.15) is 0 Å². The van der Waals surface area contributed by atoms with Crippen LogP contribution in [0.5, 0.6) is 0 Å². The van der Waals surface area contributed by atoms with E-state index in [0.717, 1.165) is 45.8 Å². The number of benzene rings is 1. The zero-order valence-corrected chi connectivity index (χ0v) is 18.0. The van der Waals surface area contributed by atoms with E-state index < -0.39 is 0 Å². The summed E-state index contributed by atoms with van der Waals surface area (Å²) in [4.78, 5) is 18.2. The fourth-order valence-electron chi connectivity index (χ4n) is 3.96. The lowest BCUT2D eigenvalue weighted by Crippen LogP contribution is -2.28. The molecule has 0 radical (unpaired) electrons. The van der Waals surface area contributed by atoms with Gasteiger partial charge >= 0.3 is 0 Å². The van der Waals surface area contributed by atoms with Crippen LogP contribution in [0.15, 0.2) is 42.6 Å². The van der Waals surface area contributed by atoms with Crippen molar-refractivity contribution in [2.45, 2.75) is 40.3 Å². The van der Waals surface area contributed by atoms with Crippen molar-refractivity contribution in [3.05, 3.63) is 65.2 Å². The van der Waals surface area contributed by atoms with E-state index >= 15 is 0 Å². The van der Waals surface area contributed by atoms with Gasteiger partial charge in [0.05, 0.1) is 34.2 Å². The van der Waals surface area contributed by atoms with Crippen LogP contribution in [0.1, 0.15) is 47.3 Å². The molecule has 1 unspecified atom stereocenters. The number of carbonyl (C=O) groups excluding carboxylic acids is 1. The summed E-state index contributed by atoms with van der Waals surface area (Å²) in [6.45, 7) is 8.74. The van der Waals surface area contributed by atoms with E-state index in [1.807, 2.05) is 80.5 Å². The molecule has 0 fully saturated rings. The van der Waals surface area contributed by atoms with Crippen LogP contribution in [0.4, 0.5) is 0 Å². The standard InChI is InChI=1S/C23H26N6O/c1-6-29-21(11-12-24-29)14(2)25-23(30)18-13-20(22-15(3)27-28(5)16(22)4)26-19-10-8-7-9-17(18)19/h7-14H,6H2,1-5H3,(H,25,30). The summed E-state index contributed by atoms with van der Waals surface area (Å²) in [5.41, 5.74) is 6.00. The van der Waals surface area contributed by atoms with E-state index in [9.17, 15) is 4.79 Å². The third kappa shape index (κ3) is 3.36. The Morgan fingerprint density at radius 2 is 1.97 bits per heavy atom. The van der Waals surface area contributed by atoms with Crippen LogP contribution in [-0.4, -0.2) is 30.5 Å². The van der Waals surface area contributed by atoms with Gasteiger partial charge in [-0.25, -0.2) is 4.98 Å². The molecular weight excluding hydrogens is 376 g/mol. The molecule has 7 nitrogen and oxygen atoms in total. The minimum absolute atomic E-state index is 0.134. The quantitative estimate of drug-likeness (QED) is 0.548. The van der Waals surface area contributed by atoms with Crippen molar-refractivity contribution < 1.29 is 4.79 Å². The second-order valence-electron chi connectivity index (χ2n) is 7.51. The van der Waals surface area contributed by atoms with Gasteiger partial charge < -0.3 is 5.32 Å². The van der Waals surface area contributed by atoms with Gasteiger partial charge in [-0.3, -0.25) is 14.2 Å². The number of rotatable bonds is 5. The number of para-hydroxylation sites is 1. The lowest BCUT2D eigenvalue weighted by Gasteiger charge is -2.17. The summed E-state index contributed by atoms with van der Waals surface area (Å²) >= 11 is 0. The van der Waals surface area contributed by atoms with Crippen LogP contribution in [0.25, 0.3) is 22.2 Å². The SMILES string of the molecule is CCn1nccc1C(C)NC(=O)c1cc(-c2c(C)nn(C)c2C)nc2ccccc12. The molecule has 7 heteroatoms. The number of pyridine rings is 1. The number of aromatic nitrogens is 5. The number of amides is 1. The molecule has 0 saturated carbocycles. The van der Waals surface area contributed by atoms with Crippen molar-refractivity contribution in [1.82, 2.24) is 29.9 Å². The predicted molar refractivity (Wildman–Crippen MR) is 117 cm³/mol. The summed E-state index contributed by atoms with van der Waals surface area (Å²) in [5, 5.41) is 12.8. The summed E-state index contributed by atoms with van der Waals surface area (Å²) in [6, 6.07) is 11.4. The van der Waals surface area contributed by atoms with Gasteiger partial charge in [0, 0.05) is 36.4 Å². The maximum absolute atomic E-state index is 13.3. The maximum Gasteiger partial charge on any atom is 0.252 e.